The third-order valence-corrected chi connectivity index (χ3v) is 6.33. The van der Waals surface area contributed by atoms with Crippen LogP contribution in [0, 0.1) is 12.8 Å². The normalized spacial score (nSPS) is 15.2. The number of aryl methyl sites for hydroxylation is 1. The Labute approximate surface area is 188 Å². The Morgan fingerprint density at radius 3 is 2.88 bits per heavy atom. The van der Waals surface area contributed by atoms with Crippen LogP contribution in [0.1, 0.15) is 22.3 Å². The number of hydrogen-bond donors (Lipinski definition) is 3. The number of hydrogen-bond acceptors (Lipinski definition) is 9. The highest BCUT2D eigenvalue weighted by Crippen LogP contribution is 2.29. The minimum atomic E-state index is -1.29. The predicted octanol–water partition coefficient (Wildman–Crippen LogP) is 1.23. The number of thiazole rings is 1. The standard InChI is InChI=1S/C21H25N5O5S/c1-12-8-15(25-9-13(10-25)19(28)22-4-3-6-31-2)24-18-16(12)17(27)14(20(29)30)11-26(18)21-23-5-7-32-21/h5,7-8,11,13,19,22,28H,3-4,6,9-10H2,1-2H3,(H,29,30). The van der Waals surface area contributed by atoms with Gasteiger partial charge < -0.3 is 19.8 Å². The summed E-state index contributed by atoms with van der Waals surface area (Å²) in [4.78, 5) is 35.5. The lowest BCUT2D eigenvalue weighted by Gasteiger charge is -2.42. The fraction of sp³-hybridized carbons (Fsp3) is 0.429. The summed E-state index contributed by atoms with van der Waals surface area (Å²) in [7, 11) is 1.65. The van der Waals surface area contributed by atoms with Gasteiger partial charge in [-0.2, -0.15) is 0 Å². The van der Waals surface area contributed by atoms with Crippen molar-refractivity contribution in [1.82, 2.24) is 19.9 Å². The quantitative estimate of drug-likeness (QED) is 0.319. The average Bonchev–Trinajstić information content (AvgIpc) is 3.24. The molecular formula is C21H25N5O5S. The molecule has 32 heavy (non-hydrogen) atoms. The van der Waals surface area contributed by atoms with Crippen LogP contribution < -0.4 is 15.6 Å². The Hall–Kier alpha value is -2.86. The van der Waals surface area contributed by atoms with Gasteiger partial charge in [-0.3, -0.25) is 14.7 Å². The Morgan fingerprint density at radius 2 is 2.22 bits per heavy atom. The third-order valence-electron chi connectivity index (χ3n) is 5.56. The van der Waals surface area contributed by atoms with E-state index < -0.39 is 17.6 Å². The number of aromatic carboxylic acids is 1. The Kier molecular flexibility index (Phi) is 6.51. The number of aliphatic hydroxyl groups excluding tert-OH is 1. The van der Waals surface area contributed by atoms with Gasteiger partial charge in [-0.05, 0) is 31.5 Å². The summed E-state index contributed by atoms with van der Waals surface area (Å²) >= 11 is 1.33. The van der Waals surface area contributed by atoms with Gasteiger partial charge in [0.1, 0.15) is 17.6 Å². The Morgan fingerprint density at radius 1 is 1.44 bits per heavy atom. The summed E-state index contributed by atoms with van der Waals surface area (Å²) in [6, 6.07) is 1.79. The van der Waals surface area contributed by atoms with Gasteiger partial charge in [0.2, 0.25) is 5.43 Å². The summed E-state index contributed by atoms with van der Waals surface area (Å²) < 4.78 is 6.57. The van der Waals surface area contributed by atoms with E-state index in [2.05, 4.69) is 10.3 Å². The van der Waals surface area contributed by atoms with Gasteiger partial charge in [-0.15, -0.1) is 11.3 Å². The highest BCUT2D eigenvalue weighted by atomic mass is 32.1. The van der Waals surface area contributed by atoms with Crippen LogP contribution in [0.15, 0.2) is 28.6 Å². The number of methoxy groups -OCH3 is 1. The second-order valence-corrected chi connectivity index (χ2v) is 8.64. The first-order valence-electron chi connectivity index (χ1n) is 10.3. The molecule has 0 spiro atoms. The molecule has 1 aliphatic heterocycles. The summed E-state index contributed by atoms with van der Waals surface area (Å²) in [5.41, 5.74) is 0.128. The number of nitrogens with zero attached hydrogens (tertiary/aromatic N) is 4. The molecule has 4 heterocycles. The van der Waals surface area contributed by atoms with Crippen LogP contribution >= 0.6 is 11.3 Å². The van der Waals surface area contributed by atoms with Gasteiger partial charge in [-0.25, -0.2) is 14.8 Å². The smallest absolute Gasteiger partial charge is 0.341 e. The van der Waals surface area contributed by atoms with Gasteiger partial charge in [0.15, 0.2) is 10.8 Å². The zero-order valence-corrected chi connectivity index (χ0v) is 18.6. The van der Waals surface area contributed by atoms with Gasteiger partial charge >= 0.3 is 5.97 Å². The van der Waals surface area contributed by atoms with E-state index >= 15 is 0 Å². The van der Waals surface area contributed by atoms with Crippen molar-refractivity contribution in [3.8, 4) is 5.13 Å². The molecule has 4 rings (SSSR count). The fourth-order valence-corrected chi connectivity index (χ4v) is 4.42. The molecule has 1 atom stereocenters. The van der Waals surface area contributed by atoms with Crippen molar-refractivity contribution >= 4 is 34.2 Å². The number of anilines is 1. The zero-order valence-electron chi connectivity index (χ0n) is 17.8. The van der Waals surface area contributed by atoms with Crippen LogP contribution in [0.2, 0.25) is 0 Å². The van der Waals surface area contributed by atoms with Crippen molar-refractivity contribution in [3.05, 3.63) is 45.2 Å². The number of nitrogens with one attached hydrogen (secondary N) is 1. The minimum Gasteiger partial charge on any atom is -0.477 e. The second kappa shape index (κ2) is 9.33. The minimum absolute atomic E-state index is 0.0610. The third kappa shape index (κ3) is 4.24. The highest BCUT2D eigenvalue weighted by molar-refractivity contribution is 7.12. The molecule has 1 saturated heterocycles. The van der Waals surface area contributed by atoms with Crippen molar-refractivity contribution in [2.75, 3.05) is 38.3 Å². The number of carboxylic acids is 1. The first kappa shape index (κ1) is 22.3. The van der Waals surface area contributed by atoms with Crippen LogP contribution in [0.25, 0.3) is 16.2 Å². The predicted molar refractivity (Wildman–Crippen MR) is 121 cm³/mol. The molecule has 0 saturated carbocycles. The molecule has 1 fully saturated rings. The fourth-order valence-electron chi connectivity index (χ4n) is 3.80. The van der Waals surface area contributed by atoms with E-state index in [-0.39, 0.29) is 16.9 Å². The first-order chi connectivity index (χ1) is 15.4. The maximum atomic E-state index is 12.9. The van der Waals surface area contributed by atoms with Crippen LogP contribution in [0.5, 0.6) is 0 Å². The molecular weight excluding hydrogens is 434 g/mol. The number of fused-ring (bicyclic) bond motifs is 1. The van der Waals surface area contributed by atoms with Crippen LogP contribution in [0.4, 0.5) is 5.82 Å². The van der Waals surface area contributed by atoms with E-state index in [1.165, 1.54) is 17.5 Å². The molecule has 170 valence electrons. The first-order valence-corrected chi connectivity index (χ1v) is 11.1. The lowest BCUT2D eigenvalue weighted by molar-refractivity contribution is 0.0575. The number of rotatable bonds is 9. The van der Waals surface area contributed by atoms with Gasteiger partial charge in [0, 0.05) is 50.5 Å². The molecule has 0 aliphatic carbocycles. The van der Waals surface area contributed by atoms with E-state index in [0.29, 0.717) is 48.4 Å². The molecule has 1 unspecified atom stereocenters. The van der Waals surface area contributed by atoms with E-state index in [4.69, 9.17) is 9.72 Å². The molecule has 1 aliphatic rings. The second-order valence-electron chi connectivity index (χ2n) is 7.77. The van der Waals surface area contributed by atoms with Gasteiger partial charge in [0.25, 0.3) is 0 Å². The van der Waals surface area contributed by atoms with E-state index in [0.717, 1.165) is 6.42 Å². The van der Waals surface area contributed by atoms with Crippen molar-refractivity contribution < 1.29 is 19.7 Å². The van der Waals surface area contributed by atoms with Crippen molar-refractivity contribution in [2.45, 2.75) is 19.6 Å². The lowest BCUT2D eigenvalue weighted by atomic mass is 9.97. The van der Waals surface area contributed by atoms with Crippen LogP contribution in [0.3, 0.4) is 0 Å². The summed E-state index contributed by atoms with van der Waals surface area (Å²) in [6.45, 7) is 4.32. The molecule has 11 heteroatoms. The molecule has 3 aromatic rings. The number of carboxylic acid groups (broad SMARTS) is 1. The van der Waals surface area contributed by atoms with Crippen LogP contribution in [-0.2, 0) is 4.74 Å². The van der Waals surface area contributed by atoms with Crippen molar-refractivity contribution in [2.24, 2.45) is 5.92 Å². The van der Waals surface area contributed by atoms with Gasteiger partial charge in [0.05, 0.1) is 5.39 Å². The van der Waals surface area contributed by atoms with Crippen molar-refractivity contribution in [3.63, 3.8) is 0 Å². The molecule has 3 aromatic heterocycles. The lowest BCUT2D eigenvalue weighted by Crippen LogP contribution is -2.56. The molecule has 0 aromatic carbocycles. The Balaban J connectivity index is 1.63. The maximum Gasteiger partial charge on any atom is 0.341 e. The number of pyridine rings is 2. The molecule has 0 bridgehead atoms. The molecule has 0 radical (unpaired) electrons. The highest BCUT2D eigenvalue weighted by Gasteiger charge is 2.33. The SMILES string of the molecule is COCCCNC(O)C1CN(c2cc(C)c3c(=O)c(C(=O)O)cn(-c4nccs4)c3n2)C1. The van der Waals surface area contributed by atoms with Crippen LogP contribution in [-0.4, -0.2) is 70.3 Å². The summed E-state index contributed by atoms with van der Waals surface area (Å²) in [5.74, 6) is -0.556. The molecule has 0 amide bonds. The maximum absolute atomic E-state index is 12.9. The van der Waals surface area contributed by atoms with E-state index in [9.17, 15) is 19.8 Å². The number of aromatic nitrogens is 3. The van der Waals surface area contributed by atoms with E-state index in [1.54, 1.807) is 36.2 Å². The number of carbonyl (C=O) groups is 1. The topological polar surface area (TPSA) is 130 Å². The summed E-state index contributed by atoms with van der Waals surface area (Å²) in [6.07, 6.45) is 3.11. The number of aliphatic hydroxyl groups is 1. The molecule has 3 N–H and O–H groups in total. The monoisotopic (exact) mass is 459 g/mol. The zero-order chi connectivity index (χ0) is 22.8. The number of ether oxygens (including phenoxy) is 1. The largest absolute Gasteiger partial charge is 0.477 e. The van der Waals surface area contributed by atoms with E-state index in [1.807, 2.05) is 4.90 Å². The Bertz CT molecular complexity index is 1170. The molecule has 10 nitrogen and oxygen atoms in total. The van der Waals surface area contributed by atoms with Gasteiger partial charge in [-0.1, -0.05) is 0 Å². The summed E-state index contributed by atoms with van der Waals surface area (Å²) in [5, 5.41) is 25.5. The van der Waals surface area contributed by atoms with Crippen molar-refractivity contribution in [1.29, 1.82) is 0 Å². The average molecular weight is 460 g/mol.